The molecule has 202 valence electrons. The van der Waals surface area contributed by atoms with Crippen molar-refractivity contribution < 1.29 is 38.6 Å². The van der Waals surface area contributed by atoms with E-state index < -0.39 is 47.4 Å². The first kappa shape index (κ1) is 29.9. The Labute approximate surface area is 217 Å². The molecule has 9 nitrogen and oxygen atoms in total. The molecule has 1 aromatic rings. The highest BCUT2D eigenvalue weighted by molar-refractivity contribution is 6.05. The number of aliphatic hydroxyl groups is 1. The summed E-state index contributed by atoms with van der Waals surface area (Å²) >= 11 is 0. The van der Waals surface area contributed by atoms with Crippen LogP contribution in [0.25, 0.3) is 0 Å². The van der Waals surface area contributed by atoms with E-state index in [-0.39, 0.29) is 31.1 Å². The zero-order valence-corrected chi connectivity index (χ0v) is 22.1. The van der Waals surface area contributed by atoms with Crippen molar-refractivity contribution in [1.82, 2.24) is 4.90 Å². The van der Waals surface area contributed by atoms with E-state index in [0.717, 1.165) is 24.0 Å². The molecule has 0 aliphatic carbocycles. The summed E-state index contributed by atoms with van der Waals surface area (Å²) in [6.45, 7) is 8.24. The highest BCUT2D eigenvalue weighted by Gasteiger charge is 2.54. The van der Waals surface area contributed by atoms with Gasteiger partial charge in [0, 0.05) is 20.0 Å². The number of carbonyl (C=O) groups excluding carboxylic acids is 5. The van der Waals surface area contributed by atoms with Gasteiger partial charge in [-0.15, -0.1) is 0 Å². The zero-order chi connectivity index (χ0) is 27.8. The quantitative estimate of drug-likeness (QED) is 0.241. The molecule has 0 radical (unpaired) electrons. The Morgan fingerprint density at radius 3 is 2.32 bits per heavy atom. The van der Waals surface area contributed by atoms with Crippen LogP contribution < -0.4 is 0 Å². The molecule has 1 saturated heterocycles. The Morgan fingerprint density at radius 1 is 1.11 bits per heavy atom. The summed E-state index contributed by atoms with van der Waals surface area (Å²) < 4.78 is 10.9. The Balaban J connectivity index is 2.47. The van der Waals surface area contributed by atoms with Gasteiger partial charge >= 0.3 is 12.1 Å². The number of esters is 1. The van der Waals surface area contributed by atoms with Crippen LogP contribution in [0.3, 0.4) is 0 Å². The van der Waals surface area contributed by atoms with Gasteiger partial charge in [-0.1, -0.05) is 44.2 Å². The van der Waals surface area contributed by atoms with Crippen LogP contribution in [0.15, 0.2) is 42.5 Å². The lowest BCUT2D eigenvalue weighted by molar-refractivity contribution is -0.159. The molecule has 1 aliphatic heterocycles. The summed E-state index contributed by atoms with van der Waals surface area (Å²) in [5, 5.41) is 8.88. The standard InChI is InChI=1S/C28H37NO8/c1-18(2)25-28(4,5)37-27(35)29(25)26(34)22(17-20-11-7-6-8-12-20)24(36-19(3)31)23(33)15-14-21(32)13-9-10-16-30/h6-8,11-12,14-15,18,22,24-25,30H,9-10,13,16-17H2,1-5H3. The number of benzene rings is 1. The number of ether oxygens (including phenoxy) is 2. The Morgan fingerprint density at radius 2 is 1.76 bits per heavy atom. The lowest BCUT2D eigenvalue weighted by atomic mass is 9.85. The van der Waals surface area contributed by atoms with Crippen molar-refractivity contribution in [2.45, 2.75) is 78.0 Å². The number of hydrogen-bond acceptors (Lipinski definition) is 8. The first-order valence-corrected chi connectivity index (χ1v) is 12.5. The fourth-order valence-corrected chi connectivity index (χ4v) is 4.74. The number of carbonyl (C=O) groups is 5. The number of nitrogens with zero attached hydrogens (tertiary/aromatic N) is 1. The molecule has 1 heterocycles. The number of cyclic esters (lactones) is 1. The van der Waals surface area contributed by atoms with Crippen molar-refractivity contribution in [2.75, 3.05) is 6.61 Å². The normalized spacial score (nSPS) is 18.5. The van der Waals surface area contributed by atoms with Crippen molar-refractivity contribution >= 4 is 29.5 Å². The van der Waals surface area contributed by atoms with Gasteiger partial charge in [0.1, 0.15) is 5.60 Å². The molecule has 1 N–H and O–H groups in total. The van der Waals surface area contributed by atoms with Crippen LogP contribution in [0.1, 0.15) is 59.4 Å². The zero-order valence-electron chi connectivity index (χ0n) is 22.1. The fourth-order valence-electron chi connectivity index (χ4n) is 4.74. The average molecular weight is 516 g/mol. The lowest BCUT2D eigenvalue weighted by Crippen LogP contribution is -2.53. The molecule has 9 heteroatoms. The maximum absolute atomic E-state index is 14.0. The van der Waals surface area contributed by atoms with E-state index >= 15 is 0 Å². The van der Waals surface area contributed by atoms with Crippen molar-refractivity contribution in [1.29, 1.82) is 0 Å². The van der Waals surface area contributed by atoms with E-state index in [1.54, 1.807) is 44.2 Å². The molecule has 0 bridgehead atoms. The summed E-state index contributed by atoms with van der Waals surface area (Å²) in [5.74, 6) is -3.94. The van der Waals surface area contributed by atoms with Gasteiger partial charge in [-0.25, -0.2) is 9.69 Å². The molecule has 37 heavy (non-hydrogen) atoms. The van der Waals surface area contributed by atoms with Crippen molar-refractivity contribution in [3.63, 3.8) is 0 Å². The Kier molecular flexibility index (Phi) is 10.7. The SMILES string of the molecule is CC(=O)OC(C(=O)C=CC(=O)CCCCO)C(Cc1ccccc1)C(=O)N1C(=O)OC(C)(C)C1C(C)C. The second-order valence-corrected chi connectivity index (χ2v) is 10.1. The number of amides is 2. The van der Waals surface area contributed by atoms with Crippen molar-refractivity contribution in [3.05, 3.63) is 48.0 Å². The van der Waals surface area contributed by atoms with E-state index in [9.17, 15) is 24.0 Å². The van der Waals surface area contributed by atoms with Gasteiger partial charge in [0.2, 0.25) is 5.91 Å². The lowest BCUT2D eigenvalue weighted by Gasteiger charge is -2.34. The summed E-state index contributed by atoms with van der Waals surface area (Å²) in [4.78, 5) is 65.3. The molecule has 1 aromatic carbocycles. The van der Waals surface area contributed by atoms with E-state index in [0.29, 0.717) is 18.4 Å². The smallest absolute Gasteiger partial charge is 0.417 e. The minimum atomic E-state index is -1.56. The number of aliphatic hydroxyl groups excluding tert-OH is 1. The van der Waals surface area contributed by atoms with Gasteiger partial charge < -0.3 is 14.6 Å². The maximum Gasteiger partial charge on any atom is 0.417 e. The molecule has 1 fully saturated rings. The third-order valence-electron chi connectivity index (χ3n) is 6.23. The molecule has 0 saturated carbocycles. The predicted octanol–water partition coefficient (Wildman–Crippen LogP) is 3.42. The predicted molar refractivity (Wildman–Crippen MR) is 135 cm³/mol. The van der Waals surface area contributed by atoms with Crippen LogP contribution >= 0.6 is 0 Å². The van der Waals surface area contributed by atoms with Crippen LogP contribution in [0.5, 0.6) is 0 Å². The Hall–Kier alpha value is -3.33. The van der Waals surface area contributed by atoms with Crippen molar-refractivity contribution in [2.24, 2.45) is 11.8 Å². The number of unbranched alkanes of at least 4 members (excludes halogenated alkanes) is 1. The van der Waals surface area contributed by atoms with E-state index in [4.69, 9.17) is 14.6 Å². The molecule has 0 aromatic heterocycles. The van der Waals surface area contributed by atoms with Gasteiger partial charge in [-0.3, -0.25) is 19.2 Å². The fraction of sp³-hybridized carbons (Fsp3) is 0.536. The van der Waals surface area contributed by atoms with Crippen LogP contribution in [0.2, 0.25) is 0 Å². The molecule has 3 atom stereocenters. The van der Waals surface area contributed by atoms with Gasteiger partial charge in [-0.2, -0.15) is 0 Å². The maximum atomic E-state index is 14.0. The van der Waals surface area contributed by atoms with Gasteiger partial charge in [-0.05, 0) is 56.7 Å². The second-order valence-electron chi connectivity index (χ2n) is 10.1. The Bertz CT molecular complexity index is 1010. The van der Waals surface area contributed by atoms with Gasteiger partial charge in [0.05, 0.1) is 12.0 Å². The first-order chi connectivity index (χ1) is 17.4. The largest absolute Gasteiger partial charge is 0.453 e. The van der Waals surface area contributed by atoms with Crippen LogP contribution in [-0.4, -0.2) is 63.9 Å². The number of ketones is 2. The summed E-state index contributed by atoms with van der Waals surface area (Å²) in [7, 11) is 0. The molecule has 3 unspecified atom stereocenters. The van der Waals surface area contributed by atoms with Crippen LogP contribution in [0.4, 0.5) is 4.79 Å². The van der Waals surface area contributed by atoms with Gasteiger partial charge in [0.15, 0.2) is 17.7 Å². The topological polar surface area (TPSA) is 127 Å². The number of allylic oxidation sites excluding steroid dienone is 1. The van der Waals surface area contributed by atoms with Crippen LogP contribution in [-0.2, 0) is 35.1 Å². The third-order valence-corrected chi connectivity index (χ3v) is 6.23. The highest BCUT2D eigenvalue weighted by Crippen LogP contribution is 2.36. The number of hydrogen-bond donors (Lipinski definition) is 1. The van der Waals surface area contributed by atoms with Crippen LogP contribution in [0, 0.1) is 11.8 Å². The summed E-state index contributed by atoms with van der Waals surface area (Å²) in [6, 6.07) is 8.27. The van der Waals surface area contributed by atoms with Crippen molar-refractivity contribution in [3.8, 4) is 0 Å². The van der Waals surface area contributed by atoms with E-state index in [2.05, 4.69) is 0 Å². The molecule has 1 aliphatic rings. The highest BCUT2D eigenvalue weighted by atomic mass is 16.6. The number of imide groups is 1. The van der Waals surface area contributed by atoms with E-state index in [1.165, 1.54) is 0 Å². The summed E-state index contributed by atoms with van der Waals surface area (Å²) in [6.07, 6.45) is 0.773. The monoisotopic (exact) mass is 515 g/mol. The molecule has 2 rings (SSSR count). The van der Waals surface area contributed by atoms with Gasteiger partial charge in [0.25, 0.3) is 0 Å². The number of rotatable bonds is 13. The minimum Gasteiger partial charge on any atom is -0.453 e. The van der Waals surface area contributed by atoms with E-state index in [1.807, 2.05) is 13.8 Å². The minimum absolute atomic E-state index is 0.0106. The third kappa shape index (κ3) is 8.08. The molecular formula is C28H37NO8. The molecule has 2 amide bonds. The molecular weight excluding hydrogens is 478 g/mol. The second kappa shape index (κ2) is 13.3. The summed E-state index contributed by atoms with van der Waals surface area (Å²) in [5.41, 5.74) is -0.261. The first-order valence-electron chi connectivity index (χ1n) is 12.5. The molecule has 0 spiro atoms. The average Bonchev–Trinajstić information content (AvgIpc) is 3.08.